The molecule has 0 amide bonds. The van der Waals surface area contributed by atoms with Crippen LogP contribution in [0.5, 0.6) is 0 Å². The van der Waals surface area contributed by atoms with E-state index in [4.69, 9.17) is 23.2 Å². The van der Waals surface area contributed by atoms with Gasteiger partial charge in [-0.3, -0.25) is 0 Å². The van der Waals surface area contributed by atoms with Gasteiger partial charge in [0.25, 0.3) is 0 Å². The van der Waals surface area contributed by atoms with Crippen molar-refractivity contribution >= 4 is 39.1 Å². The van der Waals surface area contributed by atoms with E-state index in [-0.39, 0.29) is 4.83 Å². The van der Waals surface area contributed by atoms with Gasteiger partial charge < -0.3 is 0 Å². The molecule has 5 heteroatoms. The Morgan fingerprint density at radius 2 is 1.79 bits per heavy atom. The fourth-order valence-corrected chi connectivity index (χ4v) is 2.66. The first kappa shape index (κ1) is 14.8. The minimum Gasteiger partial charge on any atom is -0.204 e. The average Bonchev–Trinajstić information content (AvgIpc) is 2.38. The summed E-state index contributed by atoms with van der Waals surface area (Å²) in [5.74, 6) is -1.65. The van der Waals surface area contributed by atoms with Crippen LogP contribution in [0.3, 0.4) is 0 Å². The molecule has 0 aliphatic carbocycles. The Balaban J connectivity index is 2.23. The molecule has 0 saturated heterocycles. The molecule has 2 rings (SSSR count). The summed E-state index contributed by atoms with van der Waals surface area (Å²) >= 11 is 15.2. The van der Waals surface area contributed by atoms with Gasteiger partial charge in [-0.2, -0.15) is 0 Å². The lowest BCUT2D eigenvalue weighted by Gasteiger charge is -2.12. The fraction of sp³-hybridized carbons (Fsp3) is 0.143. The number of hydrogen-bond acceptors (Lipinski definition) is 0. The Morgan fingerprint density at radius 1 is 1.05 bits per heavy atom. The summed E-state index contributed by atoms with van der Waals surface area (Å²) in [6.45, 7) is 0. The molecule has 100 valence electrons. The van der Waals surface area contributed by atoms with Crippen LogP contribution >= 0.6 is 39.1 Å². The Hall–Kier alpha value is -0.640. The van der Waals surface area contributed by atoms with Crippen LogP contribution in [0.25, 0.3) is 0 Å². The molecule has 0 aromatic heterocycles. The largest absolute Gasteiger partial charge is 0.204 e. The molecule has 0 heterocycles. The maximum atomic E-state index is 13.6. The van der Waals surface area contributed by atoms with Crippen LogP contribution in [0, 0.1) is 11.6 Å². The van der Waals surface area contributed by atoms with Crippen LogP contribution in [0.15, 0.2) is 36.4 Å². The lowest BCUT2D eigenvalue weighted by atomic mass is 10.0. The maximum absolute atomic E-state index is 13.6. The highest BCUT2D eigenvalue weighted by Gasteiger charge is 2.14. The second-order valence-corrected chi connectivity index (χ2v) is 5.98. The zero-order valence-corrected chi connectivity index (χ0v) is 12.7. The monoisotopic (exact) mass is 364 g/mol. The first-order chi connectivity index (χ1) is 8.99. The van der Waals surface area contributed by atoms with E-state index >= 15 is 0 Å². The zero-order valence-electron chi connectivity index (χ0n) is 9.64. The molecule has 1 unspecified atom stereocenters. The van der Waals surface area contributed by atoms with E-state index in [2.05, 4.69) is 15.9 Å². The van der Waals surface area contributed by atoms with Crippen molar-refractivity contribution < 1.29 is 8.78 Å². The minimum atomic E-state index is -0.841. The van der Waals surface area contributed by atoms with Crippen molar-refractivity contribution in [2.24, 2.45) is 0 Å². The molecule has 0 nitrogen and oxygen atoms in total. The molecule has 2 aromatic carbocycles. The van der Waals surface area contributed by atoms with Gasteiger partial charge in [-0.25, -0.2) is 8.78 Å². The number of hydrogen-bond donors (Lipinski definition) is 0. The minimum absolute atomic E-state index is 0.168. The summed E-state index contributed by atoms with van der Waals surface area (Å²) in [7, 11) is 0. The normalized spacial score (nSPS) is 12.5. The third-order valence-corrected chi connectivity index (χ3v) is 4.33. The highest BCUT2D eigenvalue weighted by atomic mass is 79.9. The molecule has 0 bridgehead atoms. The highest BCUT2D eigenvalue weighted by molar-refractivity contribution is 9.09. The van der Waals surface area contributed by atoms with Crippen LogP contribution in [0.2, 0.25) is 10.0 Å². The van der Waals surface area contributed by atoms with Gasteiger partial charge in [0.2, 0.25) is 0 Å². The average molecular weight is 366 g/mol. The predicted octanol–water partition coefficient (Wildman–Crippen LogP) is 5.95. The van der Waals surface area contributed by atoms with E-state index in [1.54, 1.807) is 24.3 Å². The molecular weight excluding hydrogens is 357 g/mol. The molecule has 19 heavy (non-hydrogen) atoms. The standard InChI is InChI=1S/C14H9BrCl2F2/c15-10(8-4-5-11(16)12(17)7-8)6-9-2-1-3-13(18)14(9)19/h1-5,7,10H,6H2. The SMILES string of the molecule is Fc1cccc(CC(Br)c2ccc(Cl)c(Cl)c2)c1F. The summed E-state index contributed by atoms with van der Waals surface area (Å²) in [4.78, 5) is -0.168. The number of benzene rings is 2. The van der Waals surface area contributed by atoms with Gasteiger partial charge in [0, 0.05) is 4.83 Å². The van der Waals surface area contributed by atoms with E-state index in [1.165, 1.54) is 6.07 Å². The second-order valence-electron chi connectivity index (χ2n) is 4.06. The van der Waals surface area contributed by atoms with E-state index in [9.17, 15) is 8.78 Å². The van der Waals surface area contributed by atoms with E-state index in [0.29, 0.717) is 22.0 Å². The second kappa shape index (κ2) is 6.21. The molecule has 0 spiro atoms. The van der Waals surface area contributed by atoms with E-state index in [1.807, 2.05) is 0 Å². The van der Waals surface area contributed by atoms with E-state index < -0.39 is 11.6 Å². The van der Waals surface area contributed by atoms with Crippen molar-refractivity contribution in [2.75, 3.05) is 0 Å². The molecule has 1 atom stereocenters. The summed E-state index contributed by atoms with van der Waals surface area (Å²) in [5, 5.41) is 0.894. The summed E-state index contributed by atoms with van der Waals surface area (Å²) < 4.78 is 26.7. The molecule has 0 saturated carbocycles. The number of rotatable bonds is 3. The third-order valence-electron chi connectivity index (χ3n) is 2.74. The zero-order chi connectivity index (χ0) is 14.0. The fourth-order valence-electron chi connectivity index (χ4n) is 1.72. The Morgan fingerprint density at radius 3 is 2.47 bits per heavy atom. The van der Waals surface area contributed by atoms with Crippen LogP contribution in [0.4, 0.5) is 8.78 Å². The quantitative estimate of drug-likeness (QED) is 0.589. The van der Waals surface area contributed by atoms with Crippen LogP contribution in [0.1, 0.15) is 16.0 Å². The van der Waals surface area contributed by atoms with E-state index in [0.717, 1.165) is 11.6 Å². The lowest BCUT2D eigenvalue weighted by molar-refractivity contribution is 0.498. The number of halogens is 5. The maximum Gasteiger partial charge on any atom is 0.162 e. The van der Waals surface area contributed by atoms with Crippen molar-refractivity contribution in [3.63, 3.8) is 0 Å². The molecule has 0 N–H and O–H groups in total. The molecule has 0 aliphatic heterocycles. The Labute approximate surface area is 128 Å². The van der Waals surface area contributed by atoms with Gasteiger partial charge in [-0.1, -0.05) is 57.3 Å². The molecular formula is C14H9BrCl2F2. The van der Waals surface area contributed by atoms with Gasteiger partial charge in [-0.15, -0.1) is 0 Å². The van der Waals surface area contributed by atoms with Gasteiger partial charge in [0.15, 0.2) is 11.6 Å². The summed E-state index contributed by atoms with van der Waals surface area (Å²) in [6.07, 6.45) is 0.321. The Kier molecular flexibility index (Phi) is 4.82. The lowest BCUT2D eigenvalue weighted by Crippen LogP contribution is -2.00. The topological polar surface area (TPSA) is 0 Å². The molecule has 0 aliphatic rings. The van der Waals surface area contributed by atoms with Crippen molar-refractivity contribution in [1.29, 1.82) is 0 Å². The predicted molar refractivity (Wildman–Crippen MR) is 78.2 cm³/mol. The molecule has 0 fully saturated rings. The number of alkyl halides is 1. The van der Waals surface area contributed by atoms with Crippen molar-refractivity contribution in [1.82, 2.24) is 0 Å². The van der Waals surface area contributed by atoms with Gasteiger partial charge in [-0.05, 0) is 35.7 Å². The summed E-state index contributed by atoms with van der Waals surface area (Å²) in [5.41, 5.74) is 1.17. The van der Waals surface area contributed by atoms with Crippen molar-refractivity contribution in [3.05, 3.63) is 69.2 Å². The first-order valence-corrected chi connectivity index (χ1v) is 7.18. The van der Waals surface area contributed by atoms with Gasteiger partial charge in [0.05, 0.1) is 10.0 Å². The smallest absolute Gasteiger partial charge is 0.162 e. The van der Waals surface area contributed by atoms with Crippen LogP contribution in [-0.2, 0) is 6.42 Å². The van der Waals surface area contributed by atoms with Crippen molar-refractivity contribution in [3.8, 4) is 0 Å². The highest BCUT2D eigenvalue weighted by Crippen LogP contribution is 2.32. The Bertz CT molecular complexity index is 602. The molecule has 0 radical (unpaired) electrons. The van der Waals surface area contributed by atoms with Crippen LogP contribution in [-0.4, -0.2) is 0 Å². The van der Waals surface area contributed by atoms with Crippen LogP contribution < -0.4 is 0 Å². The summed E-state index contributed by atoms with van der Waals surface area (Å²) in [6, 6.07) is 9.33. The van der Waals surface area contributed by atoms with Crippen molar-refractivity contribution in [2.45, 2.75) is 11.2 Å². The van der Waals surface area contributed by atoms with Gasteiger partial charge in [0.1, 0.15) is 0 Å². The molecule has 2 aromatic rings. The first-order valence-electron chi connectivity index (χ1n) is 5.51. The third kappa shape index (κ3) is 3.47. The van der Waals surface area contributed by atoms with Gasteiger partial charge >= 0.3 is 0 Å².